The maximum absolute atomic E-state index is 12.6. The summed E-state index contributed by atoms with van der Waals surface area (Å²) in [6.45, 7) is 6.25. The standard InChI is InChI=1S/C15H28N2O/c1-3-15(9-6-10-16-11-15)14(18)17-12(2)13-7-4-5-8-13/h12-13,16H,3-11H2,1-2H3,(H,17,18)/t12-,15?/m0/s1. The van der Waals surface area contributed by atoms with Gasteiger partial charge in [-0.15, -0.1) is 0 Å². The van der Waals surface area contributed by atoms with Crippen molar-refractivity contribution in [3.8, 4) is 0 Å². The van der Waals surface area contributed by atoms with Crippen LogP contribution in [-0.4, -0.2) is 25.0 Å². The Kier molecular flexibility index (Phi) is 4.66. The van der Waals surface area contributed by atoms with E-state index < -0.39 is 0 Å². The molecule has 3 heteroatoms. The topological polar surface area (TPSA) is 41.1 Å². The van der Waals surface area contributed by atoms with Crippen LogP contribution in [0.25, 0.3) is 0 Å². The van der Waals surface area contributed by atoms with Crippen LogP contribution in [0.4, 0.5) is 0 Å². The summed E-state index contributed by atoms with van der Waals surface area (Å²) in [5, 5.41) is 6.69. The zero-order valence-electron chi connectivity index (χ0n) is 11.9. The monoisotopic (exact) mass is 252 g/mol. The van der Waals surface area contributed by atoms with Gasteiger partial charge >= 0.3 is 0 Å². The number of carbonyl (C=O) groups is 1. The maximum atomic E-state index is 12.6. The molecule has 0 aromatic heterocycles. The first kappa shape index (κ1) is 13.9. The lowest BCUT2D eigenvalue weighted by molar-refractivity contribution is -0.133. The first-order chi connectivity index (χ1) is 8.68. The minimum Gasteiger partial charge on any atom is -0.353 e. The van der Waals surface area contributed by atoms with Gasteiger partial charge in [0.1, 0.15) is 0 Å². The second kappa shape index (κ2) is 6.05. The number of nitrogens with one attached hydrogen (secondary N) is 2. The van der Waals surface area contributed by atoms with Crippen LogP contribution in [0.15, 0.2) is 0 Å². The second-order valence-corrected chi connectivity index (χ2v) is 6.22. The highest BCUT2D eigenvalue weighted by molar-refractivity contribution is 5.83. The Morgan fingerprint density at radius 2 is 2.11 bits per heavy atom. The van der Waals surface area contributed by atoms with Crippen LogP contribution in [0.1, 0.15) is 58.8 Å². The molecular weight excluding hydrogens is 224 g/mol. The van der Waals surface area contributed by atoms with Crippen LogP contribution in [0.3, 0.4) is 0 Å². The zero-order chi connectivity index (χ0) is 13.0. The molecule has 1 saturated carbocycles. The number of carbonyl (C=O) groups excluding carboxylic acids is 1. The molecule has 3 nitrogen and oxygen atoms in total. The summed E-state index contributed by atoms with van der Waals surface area (Å²) in [7, 11) is 0. The van der Waals surface area contributed by atoms with Gasteiger partial charge in [-0.25, -0.2) is 0 Å². The van der Waals surface area contributed by atoms with Crippen molar-refractivity contribution in [3.63, 3.8) is 0 Å². The van der Waals surface area contributed by atoms with Gasteiger partial charge in [-0.2, -0.15) is 0 Å². The van der Waals surface area contributed by atoms with E-state index in [0.717, 1.165) is 32.4 Å². The van der Waals surface area contributed by atoms with E-state index in [2.05, 4.69) is 24.5 Å². The quantitative estimate of drug-likeness (QED) is 0.807. The molecule has 2 fully saturated rings. The molecule has 18 heavy (non-hydrogen) atoms. The van der Waals surface area contributed by atoms with Crippen LogP contribution in [0.5, 0.6) is 0 Å². The molecule has 1 amide bonds. The Labute approximate surface area is 111 Å². The molecule has 0 radical (unpaired) electrons. The smallest absolute Gasteiger partial charge is 0.227 e. The summed E-state index contributed by atoms with van der Waals surface area (Å²) in [5.41, 5.74) is -0.148. The van der Waals surface area contributed by atoms with Gasteiger partial charge in [0.15, 0.2) is 0 Å². The third kappa shape index (κ3) is 2.87. The van der Waals surface area contributed by atoms with Crippen molar-refractivity contribution in [1.29, 1.82) is 0 Å². The first-order valence-corrected chi connectivity index (χ1v) is 7.69. The van der Waals surface area contributed by atoms with Crippen molar-refractivity contribution in [2.24, 2.45) is 11.3 Å². The second-order valence-electron chi connectivity index (χ2n) is 6.22. The summed E-state index contributed by atoms with van der Waals surface area (Å²) in [6, 6.07) is 0.352. The van der Waals surface area contributed by atoms with Gasteiger partial charge in [-0.1, -0.05) is 19.8 Å². The first-order valence-electron chi connectivity index (χ1n) is 7.69. The van der Waals surface area contributed by atoms with Gasteiger partial charge in [-0.05, 0) is 51.5 Å². The van der Waals surface area contributed by atoms with Crippen molar-refractivity contribution in [2.75, 3.05) is 13.1 Å². The fourth-order valence-corrected chi connectivity index (χ4v) is 3.56. The Balaban J connectivity index is 1.92. The summed E-state index contributed by atoms with van der Waals surface area (Å²) in [4.78, 5) is 12.6. The Hall–Kier alpha value is -0.570. The lowest BCUT2D eigenvalue weighted by Crippen LogP contribution is -2.53. The van der Waals surface area contributed by atoms with Gasteiger partial charge < -0.3 is 10.6 Å². The Bertz CT molecular complexity index is 278. The predicted octanol–water partition coefficient (Wildman–Crippen LogP) is 2.46. The van der Waals surface area contributed by atoms with Crippen molar-refractivity contribution >= 4 is 5.91 Å². The fraction of sp³-hybridized carbons (Fsp3) is 0.933. The average molecular weight is 252 g/mol. The molecule has 1 saturated heterocycles. The summed E-state index contributed by atoms with van der Waals surface area (Å²) < 4.78 is 0. The highest BCUT2D eigenvalue weighted by Crippen LogP contribution is 2.32. The Morgan fingerprint density at radius 1 is 1.39 bits per heavy atom. The molecule has 0 aromatic carbocycles. The van der Waals surface area contributed by atoms with E-state index in [1.165, 1.54) is 25.7 Å². The molecule has 1 aliphatic heterocycles. The lowest BCUT2D eigenvalue weighted by Gasteiger charge is -2.37. The largest absolute Gasteiger partial charge is 0.353 e. The van der Waals surface area contributed by atoms with Crippen LogP contribution >= 0.6 is 0 Å². The molecule has 1 heterocycles. The molecule has 0 bridgehead atoms. The van der Waals surface area contributed by atoms with Crippen molar-refractivity contribution in [1.82, 2.24) is 10.6 Å². The molecule has 1 unspecified atom stereocenters. The molecule has 2 N–H and O–H groups in total. The number of amides is 1. The normalized spacial score (nSPS) is 31.2. The molecule has 1 aliphatic carbocycles. The average Bonchev–Trinajstić information content (AvgIpc) is 2.93. The molecular formula is C15H28N2O. The fourth-order valence-electron chi connectivity index (χ4n) is 3.56. The number of hydrogen-bond acceptors (Lipinski definition) is 2. The van der Waals surface area contributed by atoms with Gasteiger partial charge in [0, 0.05) is 12.6 Å². The van der Waals surface area contributed by atoms with Gasteiger partial charge in [-0.3, -0.25) is 4.79 Å². The van der Waals surface area contributed by atoms with Crippen molar-refractivity contribution in [3.05, 3.63) is 0 Å². The highest BCUT2D eigenvalue weighted by atomic mass is 16.2. The van der Waals surface area contributed by atoms with Crippen LogP contribution in [-0.2, 0) is 4.79 Å². The van der Waals surface area contributed by atoms with E-state index in [0.29, 0.717) is 12.0 Å². The van der Waals surface area contributed by atoms with Crippen LogP contribution in [0, 0.1) is 11.3 Å². The third-order valence-electron chi connectivity index (χ3n) is 5.10. The van der Waals surface area contributed by atoms with Gasteiger partial charge in [0.05, 0.1) is 5.41 Å². The van der Waals surface area contributed by atoms with E-state index in [1.54, 1.807) is 0 Å². The van der Waals surface area contributed by atoms with Gasteiger partial charge in [0.2, 0.25) is 5.91 Å². The minimum absolute atomic E-state index is 0.148. The van der Waals surface area contributed by atoms with Crippen LogP contribution in [0.2, 0.25) is 0 Å². The lowest BCUT2D eigenvalue weighted by atomic mass is 9.77. The van der Waals surface area contributed by atoms with Crippen molar-refractivity contribution < 1.29 is 4.79 Å². The molecule has 104 valence electrons. The van der Waals surface area contributed by atoms with Crippen LogP contribution < -0.4 is 10.6 Å². The summed E-state index contributed by atoms with van der Waals surface area (Å²) >= 11 is 0. The SMILES string of the molecule is CCC1(C(=O)N[C@@H](C)C2CCCC2)CCCNC1. The van der Waals surface area contributed by atoms with Gasteiger partial charge in [0.25, 0.3) is 0 Å². The van der Waals surface area contributed by atoms with E-state index in [-0.39, 0.29) is 11.3 Å². The number of hydrogen-bond donors (Lipinski definition) is 2. The molecule has 0 aromatic rings. The maximum Gasteiger partial charge on any atom is 0.227 e. The van der Waals surface area contributed by atoms with E-state index in [4.69, 9.17) is 0 Å². The van der Waals surface area contributed by atoms with E-state index >= 15 is 0 Å². The predicted molar refractivity (Wildman–Crippen MR) is 74.4 cm³/mol. The number of piperidine rings is 1. The number of rotatable bonds is 4. The van der Waals surface area contributed by atoms with Crippen molar-refractivity contribution in [2.45, 2.75) is 64.8 Å². The highest BCUT2D eigenvalue weighted by Gasteiger charge is 2.38. The van der Waals surface area contributed by atoms with E-state index in [9.17, 15) is 4.79 Å². The molecule has 0 spiro atoms. The summed E-state index contributed by atoms with van der Waals surface area (Å²) in [6.07, 6.45) is 8.37. The minimum atomic E-state index is -0.148. The zero-order valence-corrected chi connectivity index (χ0v) is 11.9. The molecule has 2 aliphatic rings. The molecule has 2 atom stereocenters. The Morgan fingerprint density at radius 3 is 2.67 bits per heavy atom. The van der Waals surface area contributed by atoms with E-state index in [1.807, 2.05) is 0 Å². The third-order valence-corrected chi connectivity index (χ3v) is 5.10. The molecule has 2 rings (SSSR count). The summed E-state index contributed by atoms with van der Waals surface area (Å²) in [5.74, 6) is 0.996.